The van der Waals surface area contributed by atoms with Gasteiger partial charge < -0.3 is 5.32 Å². The minimum absolute atomic E-state index is 0.186. The van der Waals surface area contributed by atoms with Gasteiger partial charge in [-0.15, -0.1) is 0 Å². The Balaban J connectivity index is 1.96. The van der Waals surface area contributed by atoms with Gasteiger partial charge in [-0.1, -0.05) is 26.0 Å². The summed E-state index contributed by atoms with van der Waals surface area (Å²) in [5, 5.41) is 2.74. The Morgan fingerprint density at radius 1 is 1.00 bits per heavy atom. The molecule has 7 heteroatoms. The van der Waals surface area contributed by atoms with Crippen LogP contribution in [0.5, 0.6) is 0 Å². The molecule has 0 saturated carbocycles. The SMILES string of the molecule is CCN(CC)S(=O)(=O)c1ccc(NC(=O)CCc2ccc(F)cc2)cc1. The van der Waals surface area contributed by atoms with Crippen LogP contribution in [-0.2, 0) is 21.2 Å². The van der Waals surface area contributed by atoms with Crippen LogP contribution in [0.25, 0.3) is 0 Å². The number of hydrogen-bond donors (Lipinski definition) is 1. The van der Waals surface area contributed by atoms with Crippen LogP contribution in [0.4, 0.5) is 10.1 Å². The number of hydrogen-bond acceptors (Lipinski definition) is 3. The summed E-state index contributed by atoms with van der Waals surface area (Å²) in [6.07, 6.45) is 0.756. The molecule has 0 saturated heterocycles. The van der Waals surface area contributed by atoms with Crippen molar-refractivity contribution in [2.45, 2.75) is 31.6 Å². The van der Waals surface area contributed by atoms with Gasteiger partial charge in [0.05, 0.1) is 4.90 Å². The van der Waals surface area contributed by atoms with E-state index in [4.69, 9.17) is 0 Å². The molecule has 0 atom stereocenters. The van der Waals surface area contributed by atoms with Crippen molar-refractivity contribution < 1.29 is 17.6 Å². The molecule has 5 nitrogen and oxygen atoms in total. The smallest absolute Gasteiger partial charge is 0.243 e. The number of carbonyl (C=O) groups is 1. The van der Waals surface area contributed by atoms with Crippen molar-refractivity contribution in [2.75, 3.05) is 18.4 Å². The second kappa shape index (κ2) is 8.91. The van der Waals surface area contributed by atoms with Crippen LogP contribution in [0.1, 0.15) is 25.8 Å². The fraction of sp³-hybridized carbons (Fsp3) is 0.316. The molecular formula is C19H23FN2O3S. The zero-order valence-electron chi connectivity index (χ0n) is 14.9. The molecule has 0 spiro atoms. The second-order valence-corrected chi connectivity index (χ2v) is 7.73. The number of nitrogens with one attached hydrogen (secondary N) is 1. The number of rotatable bonds is 8. The third kappa shape index (κ3) is 5.12. The zero-order chi connectivity index (χ0) is 19.2. The molecule has 2 aromatic rings. The predicted octanol–water partition coefficient (Wildman–Crippen LogP) is 3.43. The highest BCUT2D eigenvalue weighted by Gasteiger charge is 2.21. The van der Waals surface area contributed by atoms with Crippen LogP contribution < -0.4 is 5.32 Å². The van der Waals surface area contributed by atoms with E-state index in [-0.39, 0.29) is 23.0 Å². The van der Waals surface area contributed by atoms with E-state index in [0.717, 1.165) is 5.56 Å². The predicted molar refractivity (Wildman–Crippen MR) is 99.9 cm³/mol. The monoisotopic (exact) mass is 378 g/mol. The van der Waals surface area contributed by atoms with Gasteiger partial charge in [-0.3, -0.25) is 4.79 Å². The lowest BCUT2D eigenvalue weighted by Crippen LogP contribution is -2.30. The average Bonchev–Trinajstić information content (AvgIpc) is 2.62. The van der Waals surface area contributed by atoms with Crippen molar-refractivity contribution in [2.24, 2.45) is 0 Å². The Bertz CT molecular complexity index is 830. The highest BCUT2D eigenvalue weighted by Crippen LogP contribution is 2.18. The molecule has 2 aromatic carbocycles. The fourth-order valence-corrected chi connectivity index (χ4v) is 4.01. The van der Waals surface area contributed by atoms with Crippen LogP contribution in [0.2, 0.25) is 0 Å². The topological polar surface area (TPSA) is 66.5 Å². The zero-order valence-corrected chi connectivity index (χ0v) is 15.7. The summed E-state index contributed by atoms with van der Waals surface area (Å²) < 4.78 is 39.1. The first-order valence-corrected chi connectivity index (χ1v) is 9.95. The number of amides is 1. The Kier molecular flexibility index (Phi) is 6.88. The van der Waals surface area contributed by atoms with Crippen molar-refractivity contribution in [1.82, 2.24) is 4.31 Å². The highest BCUT2D eigenvalue weighted by atomic mass is 32.2. The molecular weight excluding hydrogens is 355 g/mol. The molecule has 0 fully saturated rings. The van der Waals surface area contributed by atoms with Crippen molar-refractivity contribution in [3.8, 4) is 0 Å². The van der Waals surface area contributed by atoms with Crippen molar-refractivity contribution in [3.05, 3.63) is 59.9 Å². The van der Waals surface area contributed by atoms with Gasteiger partial charge in [0.25, 0.3) is 0 Å². The maximum atomic E-state index is 12.9. The molecule has 0 aliphatic heterocycles. The van der Waals surface area contributed by atoms with Gasteiger partial charge in [0.15, 0.2) is 0 Å². The van der Waals surface area contributed by atoms with Crippen molar-refractivity contribution >= 4 is 21.6 Å². The van der Waals surface area contributed by atoms with Crippen LogP contribution in [0.3, 0.4) is 0 Å². The van der Waals surface area contributed by atoms with E-state index in [2.05, 4.69) is 5.32 Å². The molecule has 140 valence electrons. The first-order valence-electron chi connectivity index (χ1n) is 8.51. The largest absolute Gasteiger partial charge is 0.326 e. The Morgan fingerprint density at radius 3 is 2.12 bits per heavy atom. The minimum atomic E-state index is -3.51. The molecule has 0 aliphatic rings. The molecule has 26 heavy (non-hydrogen) atoms. The van der Waals surface area contributed by atoms with Gasteiger partial charge in [0.1, 0.15) is 5.82 Å². The summed E-state index contributed by atoms with van der Waals surface area (Å²) in [6, 6.07) is 12.2. The van der Waals surface area contributed by atoms with Gasteiger partial charge in [0, 0.05) is 25.2 Å². The van der Waals surface area contributed by atoms with Gasteiger partial charge in [-0.2, -0.15) is 4.31 Å². The van der Waals surface area contributed by atoms with Crippen LogP contribution in [0.15, 0.2) is 53.4 Å². The van der Waals surface area contributed by atoms with E-state index in [9.17, 15) is 17.6 Å². The summed E-state index contributed by atoms with van der Waals surface area (Å²) in [4.78, 5) is 12.2. The standard InChI is InChI=1S/C19H23FN2O3S/c1-3-22(4-2)26(24,25)18-12-10-17(11-13-18)21-19(23)14-7-15-5-8-16(20)9-6-15/h5-6,8-13H,3-4,7,14H2,1-2H3,(H,21,23). The summed E-state index contributed by atoms with van der Waals surface area (Å²) in [5.41, 5.74) is 1.41. The van der Waals surface area contributed by atoms with E-state index in [1.807, 2.05) is 0 Å². The molecule has 0 radical (unpaired) electrons. The summed E-state index contributed by atoms with van der Waals surface area (Å²) in [5.74, 6) is -0.494. The molecule has 0 aliphatic carbocycles. The van der Waals surface area contributed by atoms with E-state index < -0.39 is 10.0 Å². The maximum Gasteiger partial charge on any atom is 0.243 e. The Labute approximate surface area is 153 Å². The van der Waals surface area contributed by atoms with Gasteiger partial charge in [-0.05, 0) is 48.4 Å². The number of aryl methyl sites for hydroxylation is 1. The van der Waals surface area contributed by atoms with E-state index in [1.54, 1.807) is 38.1 Å². The van der Waals surface area contributed by atoms with Crippen LogP contribution in [0, 0.1) is 5.82 Å². The molecule has 2 rings (SSSR count). The highest BCUT2D eigenvalue weighted by molar-refractivity contribution is 7.89. The van der Waals surface area contributed by atoms with E-state index in [0.29, 0.717) is 25.2 Å². The van der Waals surface area contributed by atoms with Crippen molar-refractivity contribution in [1.29, 1.82) is 0 Å². The quantitative estimate of drug-likeness (QED) is 0.765. The molecule has 0 heterocycles. The van der Waals surface area contributed by atoms with Crippen LogP contribution >= 0.6 is 0 Å². The minimum Gasteiger partial charge on any atom is -0.326 e. The number of sulfonamides is 1. The molecule has 1 amide bonds. The summed E-state index contributed by atoms with van der Waals surface area (Å²) in [6.45, 7) is 4.38. The van der Waals surface area contributed by atoms with Crippen molar-refractivity contribution in [3.63, 3.8) is 0 Å². The van der Waals surface area contributed by atoms with Crippen LogP contribution in [-0.4, -0.2) is 31.7 Å². The average molecular weight is 378 g/mol. The number of halogens is 1. The fourth-order valence-electron chi connectivity index (χ4n) is 2.56. The summed E-state index contributed by atoms with van der Waals surface area (Å²) in [7, 11) is -3.51. The first-order chi connectivity index (χ1) is 12.4. The first kappa shape index (κ1) is 20.1. The van der Waals surface area contributed by atoms with Gasteiger partial charge in [0.2, 0.25) is 15.9 Å². The van der Waals surface area contributed by atoms with E-state index in [1.165, 1.54) is 28.6 Å². The Hall–Kier alpha value is -2.25. The molecule has 1 N–H and O–H groups in total. The third-order valence-electron chi connectivity index (χ3n) is 4.04. The van der Waals surface area contributed by atoms with Gasteiger partial charge in [-0.25, -0.2) is 12.8 Å². The molecule has 0 bridgehead atoms. The number of anilines is 1. The molecule has 0 aromatic heterocycles. The maximum absolute atomic E-state index is 12.9. The lowest BCUT2D eigenvalue weighted by molar-refractivity contribution is -0.116. The number of benzene rings is 2. The second-order valence-electron chi connectivity index (χ2n) is 5.79. The lowest BCUT2D eigenvalue weighted by atomic mass is 10.1. The third-order valence-corrected chi connectivity index (χ3v) is 6.10. The van der Waals surface area contributed by atoms with Gasteiger partial charge >= 0.3 is 0 Å². The number of carbonyl (C=O) groups excluding carboxylic acids is 1. The number of nitrogens with zero attached hydrogens (tertiary/aromatic N) is 1. The normalized spacial score (nSPS) is 11.5. The molecule has 0 unspecified atom stereocenters. The lowest BCUT2D eigenvalue weighted by Gasteiger charge is -2.18. The van der Waals surface area contributed by atoms with E-state index >= 15 is 0 Å². The Morgan fingerprint density at radius 2 is 1.58 bits per heavy atom. The summed E-state index contributed by atoms with van der Waals surface area (Å²) >= 11 is 0.